The van der Waals surface area contributed by atoms with Crippen LogP contribution in [0.15, 0.2) is 30.3 Å². The fraction of sp³-hybridized carbons (Fsp3) is 0.467. The van der Waals surface area contributed by atoms with Crippen molar-refractivity contribution in [1.29, 1.82) is 0 Å². The van der Waals surface area contributed by atoms with Gasteiger partial charge in [0.2, 0.25) is 21.8 Å². The fourth-order valence-electron chi connectivity index (χ4n) is 2.65. The second kappa shape index (κ2) is 7.56. The average molecular weight is 339 g/mol. The smallest absolute Gasteiger partial charge is 0.224 e. The second-order valence-electron chi connectivity index (χ2n) is 5.74. The minimum absolute atomic E-state index is 0.101. The van der Waals surface area contributed by atoms with E-state index in [1.54, 1.807) is 17.0 Å². The van der Waals surface area contributed by atoms with Crippen LogP contribution >= 0.6 is 0 Å². The van der Waals surface area contributed by atoms with E-state index in [0.29, 0.717) is 25.2 Å². The van der Waals surface area contributed by atoms with Crippen LogP contribution in [0.5, 0.6) is 0 Å². The van der Waals surface area contributed by atoms with E-state index in [4.69, 9.17) is 5.14 Å². The molecule has 1 aliphatic rings. The summed E-state index contributed by atoms with van der Waals surface area (Å²) in [5.74, 6) is -0.576. The zero-order valence-electron chi connectivity index (χ0n) is 12.8. The van der Waals surface area contributed by atoms with Crippen LogP contribution < -0.4 is 10.5 Å². The van der Waals surface area contributed by atoms with Crippen molar-refractivity contribution in [3.05, 3.63) is 30.3 Å². The molecule has 1 aromatic rings. The molecule has 1 aliphatic heterocycles. The molecule has 1 atom stereocenters. The lowest BCUT2D eigenvalue weighted by atomic mass is 10.2. The molecular formula is C15H21N3O4S. The molecule has 126 valence electrons. The van der Waals surface area contributed by atoms with Crippen molar-refractivity contribution in [2.75, 3.05) is 24.2 Å². The number of benzene rings is 1. The topological polar surface area (TPSA) is 110 Å². The van der Waals surface area contributed by atoms with Gasteiger partial charge in [0.1, 0.15) is 0 Å². The molecule has 2 rings (SSSR count). The third-order valence-electron chi connectivity index (χ3n) is 3.73. The van der Waals surface area contributed by atoms with Crippen LogP contribution in [0.2, 0.25) is 0 Å². The van der Waals surface area contributed by atoms with Crippen molar-refractivity contribution in [2.45, 2.75) is 19.3 Å². The lowest BCUT2D eigenvalue weighted by Crippen LogP contribution is -2.31. The highest BCUT2D eigenvalue weighted by atomic mass is 32.2. The zero-order valence-corrected chi connectivity index (χ0v) is 13.6. The highest BCUT2D eigenvalue weighted by Crippen LogP contribution is 2.18. The molecule has 0 aliphatic carbocycles. The Balaban J connectivity index is 1.74. The standard InChI is InChI=1S/C15H21N3O4S/c16-23(21,22)11-12-8-9-18(10-12)15(20)7-6-14(19)17-13-4-2-1-3-5-13/h1-5,12H,6-11H2,(H,17,19)(H2,16,21,22). The first-order valence-electron chi connectivity index (χ1n) is 7.46. The molecule has 1 fully saturated rings. The Bertz CT molecular complexity index is 661. The molecule has 0 saturated carbocycles. The van der Waals surface area contributed by atoms with Crippen molar-refractivity contribution in [1.82, 2.24) is 4.90 Å². The molecule has 1 unspecified atom stereocenters. The summed E-state index contributed by atoms with van der Waals surface area (Å²) in [6.45, 7) is 0.898. The van der Waals surface area contributed by atoms with Crippen LogP contribution in [0.25, 0.3) is 0 Å². The Hall–Kier alpha value is -1.93. The molecule has 0 bridgehead atoms. The molecule has 1 heterocycles. The SMILES string of the molecule is NS(=O)(=O)CC1CCN(C(=O)CCC(=O)Nc2ccccc2)C1. The number of nitrogens with zero attached hydrogens (tertiary/aromatic N) is 1. The van der Waals surface area contributed by atoms with Gasteiger partial charge in [0, 0.05) is 31.6 Å². The molecule has 2 amide bonds. The van der Waals surface area contributed by atoms with Crippen LogP contribution in [-0.2, 0) is 19.6 Å². The largest absolute Gasteiger partial charge is 0.342 e. The van der Waals surface area contributed by atoms with Crippen LogP contribution in [0, 0.1) is 5.92 Å². The Morgan fingerprint density at radius 1 is 1.22 bits per heavy atom. The summed E-state index contributed by atoms with van der Waals surface area (Å²) in [6.07, 6.45) is 0.837. The van der Waals surface area contributed by atoms with Crippen LogP contribution in [0.4, 0.5) is 5.69 Å². The van der Waals surface area contributed by atoms with Gasteiger partial charge in [0.25, 0.3) is 0 Å². The van der Waals surface area contributed by atoms with E-state index in [1.807, 2.05) is 18.2 Å². The summed E-state index contributed by atoms with van der Waals surface area (Å²) in [7, 11) is -3.52. The number of sulfonamides is 1. The summed E-state index contributed by atoms with van der Waals surface area (Å²) in [5, 5.41) is 7.75. The number of primary sulfonamides is 1. The number of hydrogen-bond acceptors (Lipinski definition) is 4. The normalized spacial score (nSPS) is 18.0. The minimum atomic E-state index is -3.52. The number of para-hydroxylation sites is 1. The lowest BCUT2D eigenvalue weighted by Gasteiger charge is -2.16. The number of nitrogens with two attached hydrogens (primary N) is 1. The maximum Gasteiger partial charge on any atom is 0.224 e. The van der Waals surface area contributed by atoms with Gasteiger partial charge in [-0.2, -0.15) is 0 Å². The Morgan fingerprint density at radius 3 is 2.57 bits per heavy atom. The first-order chi connectivity index (χ1) is 10.8. The first kappa shape index (κ1) is 17.4. The van der Waals surface area contributed by atoms with Crippen LogP contribution in [-0.4, -0.2) is 44.0 Å². The second-order valence-corrected chi connectivity index (χ2v) is 7.40. The highest BCUT2D eigenvalue weighted by Gasteiger charge is 2.28. The van der Waals surface area contributed by atoms with Gasteiger partial charge in [0.05, 0.1) is 5.75 Å². The van der Waals surface area contributed by atoms with Gasteiger partial charge in [-0.3, -0.25) is 9.59 Å². The van der Waals surface area contributed by atoms with Crippen molar-refractivity contribution in [3.8, 4) is 0 Å². The summed E-state index contributed by atoms with van der Waals surface area (Å²) in [6, 6.07) is 9.04. The molecule has 0 aromatic heterocycles. The van der Waals surface area contributed by atoms with Gasteiger partial charge in [-0.05, 0) is 24.5 Å². The fourth-order valence-corrected chi connectivity index (χ4v) is 3.58. The first-order valence-corrected chi connectivity index (χ1v) is 9.18. The van der Waals surface area contributed by atoms with E-state index in [-0.39, 0.29) is 36.3 Å². The van der Waals surface area contributed by atoms with Crippen molar-refractivity contribution in [3.63, 3.8) is 0 Å². The van der Waals surface area contributed by atoms with E-state index >= 15 is 0 Å². The quantitative estimate of drug-likeness (QED) is 0.788. The predicted molar refractivity (Wildman–Crippen MR) is 87.0 cm³/mol. The van der Waals surface area contributed by atoms with Gasteiger partial charge >= 0.3 is 0 Å². The van der Waals surface area contributed by atoms with Crippen molar-refractivity contribution in [2.24, 2.45) is 11.1 Å². The number of nitrogens with one attached hydrogen (secondary N) is 1. The Kier molecular flexibility index (Phi) is 5.73. The van der Waals surface area contributed by atoms with Gasteiger partial charge in [-0.1, -0.05) is 18.2 Å². The summed E-state index contributed by atoms with van der Waals surface area (Å²) in [4.78, 5) is 25.5. The van der Waals surface area contributed by atoms with Gasteiger partial charge < -0.3 is 10.2 Å². The molecule has 3 N–H and O–H groups in total. The summed E-state index contributed by atoms with van der Waals surface area (Å²) >= 11 is 0. The van der Waals surface area contributed by atoms with Crippen molar-refractivity contribution >= 4 is 27.5 Å². The van der Waals surface area contributed by atoms with E-state index in [2.05, 4.69) is 5.32 Å². The van der Waals surface area contributed by atoms with Gasteiger partial charge in [0.15, 0.2) is 0 Å². The molecule has 1 aromatic carbocycles. The van der Waals surface area contributed by atoms with Crippen molar-refractivity contribution < 1.29 is 18.0 Å². The molecule has 23 heavy (non-hydrogen) atoms. The summed E-state index contributed by atoms with van der Waals surface area (Å²) in [5.41, 5.74) is 0.694. The van der Waals surface area contributed by atoms with E-state index < -0.39 is 10.0 Å². The Morgan fingerprint density at radius 2 is 1.91 bits per heavy atom. The number of rotatable bonds is 6. The Labute approximate surface area is 135 Å². The molecule has 0 radical (unpaired) electrons. The van der Waals surface area contributed by atoms with Crippen LogP contribution in [0.3, 0.4) is 0 Å². The highest BCUT2D eigenvalue weighted by molar-refractivity contribution is 7.89. The number of anilines is 1. The lowest BCUT2D eigenvalue weighted by molar-refractivity contribution is -0.132. The molecule has 0 spiro atoms. The maximum absolute atomic E-state index is 12.1. The molecular weight excluding hydrogens is 318 g/mol. The minimum Gasteiger partial charge on any atom is -0.342 e. The molecule has 8 heteroatoms. The third-order valence-corrected chi connectivity index (χ3v) is 4.67. The van der Waals surface area contributed by atoms with Gasteiger partial charge in [-0.15, -0.1) is 0 Å². The number of amides is 2. The number of likely N-dealkylation sites (tertiary alicyclic amines) is 1. The number of carbonyl (C=O) groups excluding carboxylic acids is 2. The van der Waals surface area contributed by atoms with Gasteiger partial charge in [-0.25, -0.2) is 13.6 Å². The monoisotopic (exact) mass is 339 g/mol. The predicted octanol–water partition coefficient (Wildman–Crippen LogP) is 0.542. The van der Waals surface area contributed by atoms with E-state index in [9.17, 15) is 18.0 Å². The van der Waals surface area contributed by atoms with Crippen LogP contribution in [0.1, 0.15) is 19.3 Å². The third kappa shape index (κ3) is 5.99. The molecule has 1 saturated heterocycles. The number of carbonyl (C=O) groups is 2. The van der Waals surface area contributed by atoms with E-state index in [1.165, 1.54) is 0 Å². The van der Waals surface area contributed by atoms with E-state index in [0.717, 1.165) is 0 Å². The average Bonchev–Trinajstić information content (AvgIpc) is 2.92. The number of hydrogen-bond donors (Lipinski definition) is 2. The molecule has 7 nitrogen and oxygen atoms in total. The summed E-state index contributed by atoms with van der Waals surface area (Å²) < 4.78 is 22.1. The maximum atomic E-state index is 12.1. The zero-order chi connectivity index (χ0) is 16.9.